The number of halogens is 3. The van der Waals surface area contributed by atoms with Gasteiger partial charge in [-0.25, -0.2) is 9.97 Å². The first kappa shape index (κ1) is 22.7. The number of ketones is 1. The standard InChI is InChI=1S/C22H25F3N4O2/c1-5-16-18(12-30)28(4)17-11-26-20(27-21(17)29(16)13(2)3)10-19(31)14-6-8-15(9-7-14)22(23,24)25/h6-9,11-13,16,18H,5,10H2,1-4H3. The van der Waals surface area contributed by atoms with Crippen LogP contribution in [0.15, 0.2) is 30.5 Å². The highest BCUT2D eigenvalue weighted by Crippen LogP contribution is 2.37. The Hall–Kier alpha value is -2.97. The van der Waals surface area contributed by atoms with Gasteiger partial charge in [0.25, 0.3) is 0 Å². The molecule has 2 atom stereocenters. The van der Waals surface area contributed by atoms with Gasteiger partial charge in [0.2, 0.25) is 0 Å². The number of benzene rings is 1. The lowest BCUT2D eigenvalue weighted by Gasteiger charge is -2.47. The van der Waals surface area contributed by atoms with Crippen LogP contribution in [0.5, 0.6) is 0 Å². The molecule has 0 N–H and O–H groups in total. The summed E-state index contributed by atoms with van der Waals surface area (Å²) in [5.74, 6) is 0.557. The Bertz CT molecular complexity index is 960. The third-order valence-corrected chi connectivity index (χ3v) is 5.59. The maximum Gasteiger partial charge on any atom is 0.416 e. The Balaban J connectivity index is 1.91. The highest BCUT2D eigenvalue weighted by molar-refractivity contribution is 5.97. The lowest BCUT2D eigenvalue weighted by Crippen LogP contribution is -2.58. The maximum atomic E-state index is 12.7. The maximum absolute atomic E-state index is 12.7. The lowest BCUT2D eigenvalue weighted by atomic mass is 9.98. The number of anilines is 2. The van der Waals surface area contributed by atoms with Gasteiger partial charge in [0.05, 0.1) is 29.9 Å². The molecular formula is C22H25F3N4O2. The summed E-state index contributed by atoms with van der Waals surface area (Å²) in [6.45, 7) is 6.02. The van der Waals surface area contributed by atoms with Crippen molar-refractivity contribution in [2.24, 2.45) is 0 Å². The van der Waals surface area contributed by atoms with Gasteiger partial charge in [-0.2, -0.15) is 13.2 Å². The van der Waals surface area contributed by atoms with Crippen LogP contribution in [0.2, 0.25) is 0 Å². The lowest BCUT2D eigenvalue weighted by molar-refractivity contribution is -0.137. The zero-order valence-electron chi connectivity index (χ0n) is 17.8. The first-order chi connectivity index (χ1) is 14.6. The molecule has 0 fully saturated rings. The van der Waals surface area contributed by atoms with E-state index in [0.29, 0.717) is 11.5 Å². The van der Waals surface area contributed by atoms with Gasteiger partial charge < -0.3 is 14.6 Å². The van der Waals surface area contributed by atoms with Crippen molar-refractivity contribution in [3.63, 3.8) is 0 Å². The minimum Gasteiger partial charge on any atom is -0.359 e. The second-order valence-electron chi connectivity index (χ2n) is 7.88. The molecule has 2 aromatic rings. The first-order valence-corrected chi connectivity index (χ1v) is 10.1. The highest BCUT2D eigenvalue weighted by Gasteiger charge is 2.39. The van der Waals surface area contributed by atoms with Gasteiger partial charge >= 0.3 is 6.18 Å². The number of carbonyl (C=O) groups is 2. The van der Waals surface area contributed by atoms with E-state index >= 15 is 0 Å². The number of carbonyl (C=O) groups excluding carboxylic acids is 2. The Labute approximate surface area is 179 Å². The van der Waals surface area contributed by atoms with Crippen LogP contribution in [0.1, 0.15) is 48.9 Å². The average molecular weight is 434 g/mol. The third kappa shape index (κ3) is 4.40. The van der Waals surface area contributed by atoms with Crippen LogP contribution in [0, 0.1) is 0 Å². The number of likely N-dealkylation sites (N-methyl/N-ethyl adjacent to an activating group) is 1. The van der Waals surface area contributed by atoms with Crippen LogP contribution < -0.4 is 9.80 Å². The molecule has 0 bridgehead atoms. The average Bonchev–Trinajstić information content (AvgIpc) is 2.72. The van der Waals surface area contributed by atoms with Crippen molar-refractivity contribution >= 4 is 23.6 Å². The van der Waals surface area contributed by atoms with E-state index in [1.54, 1.807) is 6.20 Å². The van der Waals surface area contributed by atoms with Gasteiger partial charge in [0, 0.05) is 18.7 Å². The Morgan fingerprint density at radius 2 is 1.87 bits per heavy atom. The summed E-state index contributed by atoms with van der Waals surface area (Å²) in [6.07, 6.45) is -1.34. The summed E-state index contributed by atoms with van der Waals surface area (Å²) in [6, 6.07) is 3.75. The van der Waals surface area contributed by atoms with Crippen LogP contribution in [-0.2, 0) is 17.4 Å². The Morgan fingerprint density at radius 1 is 1.23 bits per heavy atom. The summed E-state index contributed by atoms with van der Waals surface area (Å²) >= 11 is 0. The van der Waals surface area contributed by atoms with E-state index < -0.39 is 11.7 Å². The molecule has 3 rings (SSSR count). The predicted octanol–water partition coefficient (Wildman–Crippen LogP) is 3.93. The van der Waals surface area contributed by atoms with Gasteiger partial charge in [-0.05, 0) is 32.4 Å². The molecule has 31 heavy (non-hydrogen) atoms. The van der Waals surface area contributed by atoms with Gasteiger partial charge in [-0.15, -0.1) is 0 Å². The second kappa shape index (κ2) is 8.64. The summed E-state index contributed by atoms with van der Waals surface area (Å²) < 4.78 is 38.2. The minimum atomic E-state index is -4.45. The monoisotopic (exact) mass is 434 g/mol. The summed E-state index contributed by atoms with van der Waals surface area (Å²) in [7, 11) is 1.81. The summed E-state index contributed by atoms with van der Waals surface area (Å²) in [5, 5.41) is 0. The van der Waals surface area contributed by atoms with Crippen LogP contribution in [0.4, 0.5) is 24.7 Å². The van der Waals surface area contributed by atoms with Crippen LogP contribution >= 0.6 is 0 Å². The number of hydrogen-bond donors (Lipinski definition) is 0. The molecule has 2 unspecified atom stereocenters. The predicted molar refractivity (Wildman–Crippen MR) is 111 cm³/mol. The molecule has 2 heterocycles. The van der Waals surface area contributed by atoms with Crippen molar-refractivity contribution in [2.75, 3.05) is 16.8 Å². The zero-order valence-corrected chi connectivity index (χ0v) is 17.8. The smallest absolute Gasteiger partial charge is 0.359 e. The van der Waals surface area contributed by atoms with Crippen molar-refractivity contribution in [3.05, 3.63) is 47.4 Å². The minimum absolute atomic E-state index is 0.0632. The van der Waals surface area contributed by atoms with Gasteiger partial charge in [-0.3, -0.25) is 4.79 Å². The van der Waals surface area contributed by atoms with E-state index in [-0.39, 0.29) is 41.7 Å². The summed E-state index contributed by atoms with van der Waals surface area (Å²) in [4.78, 5) is 37.2. The number of rotatable bonds is 6. The van der Waals surface area contributed by atoms with Crippen LogP contribution in [0.3, 0.4) is 0 Å². The molecule has 166 valence electrons. The number of aromatic nitrogens is 2. The van der Waals surface area contributed by atoms with Crippen LogP contribution in [-0.4, -0.2) is 47.2 Å². The molecule has 1 aliphatic heterocycles. The van der Waals surface area contributed by atoms with Gasteiger partial charge in [-0.1, -0.05) is 19.1 Å². The molecule has 0 saturated heterocycles. The zero-order chi connectivity index (χ0) is 22.9. The quantitative estimate of drug-likeness (QED) is 0.507. The fourth-order valence-electron chi connectivity index (χ4n) is 4.00. The fourth-order valence-corrected chi connectivity index (χ4v) is 4.00. The Morgan fingerprint density at radius 3 is 2.39 bits per heavy atom. The molecule has 9 heteroatoms. The number of fused-ring (bicyclic) bond motifs is 1. The van der Waals surface area contributed by atoms with Crippen molar-refractivity contribution < 1.29 is 22.8 Å². The summed E-state index contributed by atoms with van der Waals surface area (Å²) in [5.41, 5.74) is 0.0564. The fraction of sp³-hybridized carbons (Fsp3) is 0.455. The number of hydrogen-bond acceptors (Lipinski definition) is 6. The largest absolute Gasteiger partial charge is 0.416 e. The van der Waals surface area contributed by atoms with Crippen LogP contribution in [0.25, 0.3) is 0 Å². The normalized spacial score (nSPS) is 18.8. The molecule has 1 aromatic carbocycles. The van der Waals surface area contributed by atoms with Crippen molar-refractivity contribution in [3.8, 4) is 0 Å². The van der Waals surface area contributed by atoms with Crippen molar-refractivity contribution in [2.45, 2.75) is 57.9 Å². The van der Waals surface area contributed by atoms with Gasteiger partial charge in [0.15, 0.2) is 11.6 Å². The molecule has 6 nitrogen and oxygen atoms in total. The topological polar surface area (TPSA) is 66.4 Å². The second-order valence-corrected chi connectivity index (χ2v) is 7.88. The van der Waals surface area contributed by atoms with Crippen molar-refractivity contribution in [1.82, 2.24) is 9.97 Å². The first-order valence-electron chi connectivity index (χ1n) is 10.1. The van der Waals surface area contributed by atoms with E-state index in [9.17, 15) is 22.8 Å². The molecule has 0 aliphatic carbocycles. The third-order valence-electron chi connectivity index (χ3n) is 5.59. The van der Waals surface area contributed by atoms with Crippen molar-refractivity contribution in [1.29, 1.82) is 0 Å². The number of Topliss-reactive ketones (excluding diaryl/α,β-unsaturated/α-hetero) is 1. The number of nitrogens with zero attached hydrogens (tertiary/aromatic N) is 4. The van der Waals surface area contributed by atoms with E-state index in [4.69, 9.17) is 0 Å². The highest BCUT2D eigenvalue weighted by atomic mass is 19.4. The number of alkyl halides is 3. The molecular weight excluding hydrogens is 409 g/mol. The molecule has 0 amide bonds. The molecule has 0 saturated carbocycles. The van der Waals surface area contributed by atoms with E-state index in [0.717, 1.165) is 24.8 Å². The molecule has 1 aromatic heterocycles. The molecule has 0 spiro atoms. The Kier molecular flexibility index (Phi) is 6.33. The van der Waals surface area contributed by atoms with E-state index in [1.807, 2.05) is 32.7 Å². The molecule has 1 aliphatic rings. The molecule has 0 radical (unpaired) electrons. The van der Waals surface area contributed by atoms with Gasteiger partial charge in [0.1, 0.15) is 18.2 Å². The number of aldehydes is 1. The van der Waals surface area contributed by atoms with E-state index in [2.05, 4.69) is 14.9 Å². The van der Waals surface area contributed by atoms with E-state index in [1.165, 1.54) is 12.1 Å². The SMILES string of the molecule is CCC1C(C=O)N(C)c2cnc(CC(=O)c3ccc(C(F)(F)F)cc3)nc2N1C(C)C.